The molecule has 4 nitrogen and oxygen atoms in total. The average molecular weight is 379 g/mol. The second kappa shape index (κ2) is 8.88. The van der Waals surface area contributed by atoms with Crippen molar-refractivity contribution in [2.45, 2.75) is 25.9 Å². The van der Waals surface area contributed by atoms with E-state index in [1.807, 2.05) is 30.3 Å². The van der Waals surface area contributed by atoms with Crippen molar-refractivity contribution >= 4 is 35.0 Å². The molecule has 0 aliphatic carbocycles. The molecule has 1 N–H and O–H groups in total. The van der Waals surface area contributed by atoms with Gasteiger partial charge in [0.1, 0.15) is 6.04 Å². The lowest BCUT2D eigenvalue weighted by atomic mass is 10.1. The topological polar surface area (TPSA) is 49.4 Å². The Labute approximate surface area is 157 Å². The molecule has 0 saturated carbocycles. The average Bonchev–Trinajstić information content (AvgIpc) is 2.61. The summed E-state index contributed by atoms with van der Waals surface area (Å²) in [5.41, 5.74) is 1.63. The highest BCUT2D eigenvalue weighted by atomic mass is 35.5. The quantitative estimate of drug-likeness (QED) is 0.832. The molecule has 2 aromatic rings. The molecule has 0 heterocycles. The van der Waals surface area contributed by atoms with Gasteiger partial charge in [-0.1, -0.05) is 53.5 Å². The molecule has 6 heteroatoms. The van der Waals surface area contributed by atoms with Gasteiger partial charge < -0.3 is 10.2 Å². The van der Waals surface area contributed by atoms with Crippen molar-refractivity contribution in [3.63, 3.8) is 0 Å². The third kappa shape index (κ3) is 5.21. The van der Waals surface area contributed by atoms with E-state index in [-0.39, 0.29) is 18.2 Å². The van der Waals surface area contributed by atoms with Gasteiger partial charge in [0.15, 0.2) is 0 Å². The Hall–Kier alpha value is -2.04. The first-order valence-corrected chi connectivity index (χ1v) is 8.67. The molecular weight excluding hydrogens is 359 g/mol. The minimum Gasteiger partial charge on any atom is -0.357 e. The summed E-state index contributed by atoms with van der Waals surface area (Å²) >= 11 is 12.1. The van der Waals surface area contributed by atoms with Crippen LogP contribution in [0.15, 0.2) is 48.5 Å². The van der Waals surface area contributed by atoms with E-state index in [2.05, 4.69) is 5.32 Å². The summed E-state index contributed by atoms with van der Waals surface area (Å²) in [6, 6.07) is 13.8. The van der Waals surface area contributed by atoms with Crippen molar-refractivity contribution in [2.75, 3.05) is 7.05 Å². The number of hydrogen-bond donors (Lipinski definition) is 1. The number of rotatable bonds is 6. The SMILES string of the molecule is CNC(=O)C(C)N(Cc1ccc(Cl)cc1)C(=O)Cc1ccccc1Cl. The van der Waals surface area contributed by atoms with Crippen LogP contribution in [0.5, 0.6) is 0 Å². The molecule has 0 fully saturated rings. The molecule has 0 radical (unpaired) electrons. The number of hydrogen-bond acceptors (Lipinski definition) is 2. The van der Waals surface area contributed by atoms with Gasteiger partial charge >= 0.3 is 0 Å². The van der Waals surface area contributed by atoms with Crippen LogP contribution in [0.2, 0.25) is 10.0 Å². The normalized spacial score (nSPS) is 11.7. The van der Waals surface area contributed by atoms with E-state index in [1.165, 1.54) is 0 Å². The van der Waals surface area contributed by atoms with Crippen LogP contribution in [0.4, 0.5) is 0 Å². The molecule has 0 spiro atoms. The van der Waals surface area contributed by atoms with Crippen LogP contribution in [0.3, 0.4) is 0 Å². The summed E-state index contributed by atoms with van der Waals surface area (Å²) in [7, 11) is 1.55. The maximum Gasteiger partial charge on any atom is 0.242 e. The van der Waals surface area contributed by atoms with E-state index in [0.717, 1.165) is 11.1 Å². The smallest absolute Gasteiger partial charge is 0.242 e. The molecular formula is C19H20Cl2N2O2. The summed E-state index contributed by atoms with van der Waals surface area (Å²) in [6.45, 7) is 2.02. The van der Waals surface area contributed by atoms with Crippen molar-refractivity contribution in [1.29, 1.82) is 0 Å². The van der Waals surface area contributed by atoms with Crippen LogP contribution in [-0.4, -0.2) is 29.8 Å². The first-order chi connectivity index (χ1) is 11.9. The minimum absolute atomic E-state index is 0.134. The number of carbonyl (C=O) groups is 2. The lowest BCUT2D eigenvalue weighted by Crippen LogP contribution is -2.47. The number of amides is 2. The second-order valence-electron chi connectivity index (χ2n) is 5.71. The van der Waals surface area contributed by atoms with Crippen molar-refractivity contribution < 1.29 is 9.59 Å². The highest BCUT2D eigenvalue weighted by Gasteiger charge is 2.25. The molecule has 1 atom stereocenters. The van der Waals surface area contributed by atoms with E-state index in [1.54, 1.807) is 37.1 Å². The van der Waals surface area contributed by atoms with Crippen molar-refractivity contribution in [1.82, 2.24) is 10.2 Å². The van der Waals surface area contributed by atoms with Crippen LogP contribution in [0, 0.1) is 0 Å². The second-order valence-corrected chi connectivity index (χ2v) is 6.55. The van der Waals surface area contributed by atoms with E-state index in [9.17, 15) is 9.59 Å². The Morgan fingerprint density at radius 1 is 1.08 bits per heavy atom. The Bertz CT molecular complexity index is 747. The maximum absolute atomic E-state index is 12.9. The summed E-state index contributed by atoms with van der Waals surface area (Å²) < 4.78 is 0. The monoisotopic (exact) mass is 378 g/mol. The summed E-state index contributed by atoms with van der Waals surface area (Å²) in [5, 5.41) is 3.75. The van der Waals surface area contributed by atoms with Gasteiger partial charge in [-0.3, -0.25) is 9.59 Å². The molecule has 25 heavy (non-hydrogen) atoms. The Kier molecular flexibility index (Phi) is 6.85. The number of likely N-dealkylation sites (N-methyl/N-ethyl adjacent to an activating group) is 1. The van der Waals surface area contributed by atoms with Gasteiger partial charge in [0.05, 0.1) is 6.42 Å². The van der Waals surface area contributed by atoms with Crippen LogP contribution in [0.1, 0.15) is 18.1 Å². The lowest BCUT2D eigenvalue weighted by molar-refractivity contribution is -0.139. The van der Waals surface area contributed by atoms with Crippen LogP contribution < -0.4 is 5.32 Å². The van der Waals surface area contributed by atoms with E-state index < -0.39 is 6.04 Å². The molecule has 0 saturated heterocycles. The van der Waals surface area contributed by atoms with Gasteiger partial charge in [0.2, 0.25) is 11.8 Å². The summed E-state index contributed by atoms with van der Waals surface area (Å²) in [6.07, 6.45) is 0.134. The molecule has 0 aliphatic rings. The van der Waals surface area contributed by atoms with E-state index in [4.69, 9.17) is 23.2 Å². The third-order valence-electron chi connectivity index (χ3n) is 3.98. The van der Waals surface area contributed by atoms with Crippen molar-refractivity contribution in [2.24, 2.45) is 0 Å². The fourth-order valence-electron chi connectivity index (χ4n) is 2.48. The molecule has 132 valence electrons. The lowest BCUT2D eigenvalue weighted by Gasteiger charge is -2.28. The predicted molar refractivity (Wildman–Crippen MR) is 101 cm³/mol. The minimum atomic E-state index is -0.601. The van der Waals surface area contributed by atoms with Gasteiger partial charge in [0, 0.05) is 23.6 Å². The number of benzene rings is 2. The van der Waals surface area contributed by atoms with Crippen molar-refractivity contribution in [3.05, 3.63) is 69.7 Å². The third-order valence-corrected chi connectivity index (χ3v) is 4.60. The van der Waals surface area contributed by atoms with Gasteiger partial charge in [0.25, 0.3) is 0 Å². The molecule has 0 aromatic heterocycles. The fourth-order valence-corrected chi connectivity index (χ4v) is 2.81. The zero-order valence-electron chi connectivity index (χ0n) is 14.1. The molecule has 2 aromatic carbocycles. The van der Waals surface area contributed by atoms with Gasteiger partial charge in [-0.05, 0) is 36.2 Å². The standard InChI is InChI=1S/C19H20Cl2N2O2/c1-13(19(25)22-2)23(12-14-7-9-16(20)10-8-14)18(24)11-15-5-3-4-6-17(15)21/h3-10,13H,11-12H2,1-2H3,(H,22,25). The Morgan fingerprint density at radius 3 is 2.32 bits per heavy atom. The first-order valence-electron chi connectivity index (χ1n) is 7.91. The maximum atomic E-state index is 12.9. The molecule has 0 aliphatic heterocycles. The number of carbonyl (C=O) groups excluding carboxylic acids is 2. The summed E-state index contributed by atoms with van der Waals surface area (Å²) in [4.78, 5) is 26.5. The fraction of sp³-hybridized carbons (Fsp3) is 0.263. The van der Waals surface area contributed by atoms with Crippen LogP contribution in [-0.2, 0) is 22.6 Å². The van der Waals surface area contributed by atoms with E-state index in [0.29, 0.717) is 16.6 Å². The first kappa shape index (κ1) is 19.3. The zero-order chi connectivity index (χ0) is 18.4. The van der Waals surface area contributed by atoms with Crippen molar-refractivity contribution in [3.8, 4) is 0 Å². The zero-order valence-corrected chi connectivity index (χ0v) is 15.6. The number of nitrogens with zero attached hydrogens (tertiary/aromatic N) is 1. The largest absolute Gasteiger partial charge is 0.357 e. The highest BCUT2D eigenvalue weighted by molar-refractivity contribution is 6.31. The van der Waals surface area contributed by atoms with Gasteiger partial charge in [-0.15, -0.1) is 0 Å². The molecule has 2 amide bonds. The highest BCUT2D eigenvalue weighted by Crippen LogP contribution is 2.19. The van der Waals surface area contributed by atoms with Crippen LogP contribution in [0.25, 0.3) is 0 Å². The van der Waals surface area contributed by atoms with E-state index >= 15 is 0 Å². The van der Waals surface area contributed by atoms with Gasteiger partial charge in [-0.2, -0.15) is 0 Å². The summed E-state index contributed by atoms with van der Waals surface area (Å²) in [5.74, 6) is -0.388. The number of nitrogens with one attached hydrogen (secondary N) is 1. The Morgan fingerprint density at radius 2 is 1.72 bits per heavy atom. The number of halogens is 2. The molecule has 1 unspecified atom stereocenters. The van der Waals surface area contributed by atoms with Gasteiger partial charge in [-0.25, -0.2) is 0 Å². The Balaban J connectivity index is 2.23. The molecule has 2 rings (SSSR count). The predicted octanol–water partition coefficient (Wildman–Crippen LogP) is 3.70. The molecule has 0 bridgehead atoms. The van der Waals surface area contributed by atoms with Crippen LogP contribution >= 0.6 is 23.2 Å².